The van der Waals surface area contributed by atoms with Gasteiger partial charge in [0.2, 0.25) is 0 Å². The first kappa shape index (κ1) is 20.2. The number of nitrogens with one attached hydrogen (secondary N) is 1. The predicted octanol–water partition coefficient (Wildman–Crippen LogP) is 3.02. The molecule has 2 aromatic rings. The van der Waals surface area contributed by atoms with Crippen LogP contribution in [0.1, 0.15) is 51.3 Å². The van der Waals surface area contributed by atoms with Crippen LogP contribution >= 0.6 is 0 Å². The number of anilines is 1. The van der Waals surface area contributed by atoms with E-state index < -0.39 is 36.1 Å². The van der Waals surface area contributed by atoms with Gasteiger partial charge in [-0.3, -0.25) is 19.3 Å². The van der Waals surface area contributed by atoms with Crippen molar-refractivity contribution in [2.45, 2.75) is 26.3 Å². The maximum Gasteiger partial charge on any atom is 0.338 e. The second-order valence-electron chi connectivity index (χ2n) is 6.63. The molecule has 0 aromatic heterocycles. The highest BCUT2D eigenvalue weighted by Gasteiger charge is 2.38. The highest BCUT2D eigenvalue weighted by Crippen LogP contribution is 2.26. The van der Waals surface area contributed by atoms with Crippen molar-refractivity contribution in [3.05, 3.63) is 65.0 Å². The summed E-state index contributed by atoms with van der Waals surface area (Å²) in [5, 5.41) is 2.47. The van der Waals surface area contributed by atoms with E-state index in [0.717, 1.165) is 0 Å². The number of ether oxygens (including phenoxy) is 1. The van der Waals surface area contributed by atoms with Gasteiger partial charge in [-0.1, -0.05) is 6.92 Å². The topological polar surface area (TPSA) is 92.8 Å². The highest BCUT2D eigenvalue weighted by molar-refractivity contribution is 6.22. The number of benzene rings is 2. The van der Waals surface area contributed by atoms with E-state index in [4.69, 9.17) is 4.74 Å². The van der Waals surface area contributed by atoms with Crippen molar-refractivity contribution in [1.29, 1.82) is 0 Å². The third-order valence-corrected chi connectivity index (χ3v) is 4.65. The lowest BCUT2D eigenvalue weighted by atomic mass is 10.1. The van der Waals surface area contributed by atoms with Crippen molar-refractivity contribution < 1.29 is 28.3 Å². The molecule has 0 fully saturated rings. The summed E-state index contributed by atoms with van der Waals surface area (Å²) in [6, 6.07) is 8.96. The van der Waals surface area contributed by atoms with E-state index in [0.29, 0.717) is 12.1 Å². The highest BCUT2D eigenvalue weighted by atomic mass is 19.1. The summed E-state index contributed by atoms with van der Waals surface area (Å²) in [5.74, 6) is -2.68. The summed E-state index contributed by atoms with van der Waals surface area (Å²) in [4.78, 5) is 50.2. The number of rotatable bonds is 6. The summed E-state index contributed by atoms with van der Waals surface area (Å²) in [6.45, 7) is 3.09. The molecule has 0 saturated carbocycles. The van der Waals surface area contributed by atoms with E-state index in [2.05, 4.69) is 5.32 Å². The number of esters is 1. The standard InChI is InChI=1S/C21H19FN2O5/c1-3-12(2)24-19(26)16-9-4-13(10-17(16)20(24)27)21(28)29-11-18(25)23-15-7-5-14(22)6-8-15/h4-10,12H,3,11H2,1-2H3,(H,23,25). The molecule has 3 amide bonds. The monoisotopic (exact) mass is 398 g/mol. The number of hydrogen-bond donors (Lipinski definition) is 1. The van der Waals surface area contributed by atoms with E-state index in [1.807, 2.05) is 6.92 Å². The van der Waals surface area contributed by atoms with Gasteiger partial charge in [-0.15, -0.1) is 0 Å². The second kappa shape index (κ2) is 8.22. The molecule has 0 spiro atoms. The van der Waals surface area contributed by atoms with Crippen LogP contribution in [0.25, 0.3) is 0 Å². The van der Waals surface area contributed by atoms with E-state index in [1.54, 1.807) is 6.92 Å². The summed E-state index contributed by atoms with van der Waals surface area (Å²) in [6.07, 6.45) is 0.615. The van der Waals surface area contributed by atoms with Crippen molar-refractivity contribution in [2.24, 2.45) is 0 Å². The second-order valence-corrected chi connectivity index (χ2v) is 6.63. The summed E-state index contributed by atoms with van der Waals surface area (Å²) in [7, 11) is 0. The van der Waals surface area contributed by atoms with E-state index in [1.165, 1.54) is 47.4 Å². The van der Waals surface area contributed by atoms with E-state index in [9.17, 15) is 23.6 Å². The third-order valence-electron chi connectivity index (χ3n) is 4.65. The van der Waals surface area contributed by atoms with Gasteiger partial charge in [0, 0.05) is 11.7 Å². The molecule has 0 saturated heterocycles. The lowest BCUT2D eigenvalue weighted by Gasteiger charge is -2.20. The van der Waals surface area contributed by atoms with Crippen molar-refractivity contribution in [1.82, 2.24) is 4.90 Å². The van der Waals surface area contributed by atoms with Crippen LogP contribution in [0.2, 0.25) is 0 Å². The van der Waals surface area contributed by atoms with E-state index >= 15 is 0 Å². The number of amides is 3. The Labute approximate surface area is 166 Å². The van der Waals surface area contributed by atoms with Gasteiger partial charge >= 0.3 is 5.97 Å². The minimum atomic E-state index is -0.802. The Morgan fingerprint density at radius 2 is 1.72 bits per heavy atom. The minimum absolute atomic E-state index is 0.0606. The van der Waals surface area contributed by atoms with Crippen molar-refractivity contribution in [2.75, 3.05) is 11.9 Å². The molecular formula is C21H19FN2O5. The lowest BCUT2D eigenvalue weighted by Crippen LogP contribution is -2.37. The van der Waals surface area contributed by atoms with Crippen molar-refractivity contribution in [3.8, 4) is 0 Å². The molecule has 1 aliphatic heterocycles. The average molecular weight is 398 g/mol. The molecule has 1 unspecified atom stereocenters. The van der Waals surface area contributed by atoms with Crippen LogP contribution in [0.3, 0.4) is 0 Å². The summed E-state index contributed by atoms with van der Waals surface area (Å²) in [5.41, 5.74) is 0.797. The zero-order valence-corrected chi connectivity index (χ0v) is 15.9. The number of carbonyl (C=O) groups is 4. The molecule has 0 aliphatic carbocycles. The molecule has 7 nitrogen and oxygen atoms in total. The SMILES string of the molecule is CCC(C)N1C(=O)c2ccc(C(=O)OCC(=O)Nc3ccc(F)cc3)cc2C1=O. The van der Waals surface area contributed by atoms with Crippen molar-refractivity contribution in [3.63, 3.8) is 0 Å². The molecule has 29 heavy (non-hydrogen) atoms. The lowest BCUT2D eigenvalue weighted by molar-refractivity contribution is -0.119. The fourth-order valence-electron chi connectivity index (χ4n) is 2.91. The van der Waals surface area contributed by atoms with Crippen LogP contribution in [0.15, 0.2) is 42.5 Å². The zero-order chi connectivity index (χ0) is 21.1. The van der Waals surface area contributed by atoms with Gasteiger partial charge in [0.15, 0.2) is 6.61 Å². The molecule has 1 heterocycles. The maximum atomic E-state index is 12.9. The van der Waals surface area contributed by atoms with Crippen LogP contribution in [0.5, 0.6) is 0 Å². The molecular weight excluding hydrogens is 379 g/mol. The molecule has 3 rings (SSSR count). The maximum absolute atomic E-state index is 12.9. The minimum Gasteiger partial charge on any atom is -0.452 e. The average Bonchev–Trinajstić information content (AvgIpc) is 2.97. The molecule has 150 valence electrons. The Morgan fingerprint density at radius 3 is 2.38 bits per heavy atom. The number of halogens is 1. The quantitative estimate of drug-likeness (QED) is 0.596. The first-order valence-electron chi connectivity index (χ1n) is 9.06. The molecule has 0 radical (unpaired) electrons. The summed E-state index contributed by atoms with van der Waals surface area (Å²) < 4.78 is 17.8. The Hall–Kier alpha value is -3.55. The molecule has 1 aliphatic rings. The van der Waals surface area contributed by atoms with Gasteiger partial charge in [0.1, 0.15) is 5.82 Å². The predicted molar refractivity (Wildman–Crippen MR) is 102 cm³/mol. The van der Waals surface area contributed by atoms with Crippen LogP contribution in [0, 0.1) is 5.82 Å². The smallest absolute Gasteiger partial charge is 0.338 e. The van der Waals surface area contributed by atoms with Crippen LogP contribution in [-0.2, 0) is 9.53 Å². The van der Waals surface area contributed by atoms with E-state index in [-0.39, 0.29) is 22.7 Å². The third kappa shape index (κ3) is 4.16. The number of hydrogen-bond acceptors (Lipinski definition) is 5. The fourth-order valence-corrected chi connectivity index (χ4v) is 2.91. The first-order chi connectivity index (χ1) is 13.8. The number of fused-ring (bicyclic) bond motifs is 1. The van der Waals surface area contributed by atoms with Gasteiger partial charge in [0.05, 0.1) is 16.7 Å². The Balaban J connectivity index is 1.65. The zero-order valence-electron chi connectivity index (χ0n) is 15.9. The number of imide groups is 1. The van der Waals surface area contributed by atoms with Gasteiger partial charge in [-0.25, -0.2) is 9.18 Å². The molecule has 1 atom stereocenters. The van der Waals surface area contributed by atoms with Gasteiger partial charge in [0.25, 0.3) is 17.7 Å². The Bertz CT molecular complexity index is 987. The largest absolute Gasteiger partial charge is 0.452 e. The van der Waals surface area contributed by atoms with Crippen LogP contribution < -0.4 is 5.32 Å². The molecule has 8 heteroatoms. The summed E-state index contributed by atoms with van der Waals surface area (Å²) >= 11 is 0. The first-order valence-corrected chi connectivity index (χ1v) is 9.06. The van der Waals surface area contributed by atoms with Gasteiger partial charge < -0.3 is 10.1 Å². The Morgan fingerprint density at radius 1 is 1.07 bits per heavy atom. The van der Waals surface area contributed by atoms with Crippen LogP contribution in [0.4, 0.5) is 10.1 Å². The molecule has 2 aromatic carbocycles. The van der Waals surface area contributed by atoms with Crippen LogP contribution in [-0.4, -0.2) is 41.2 Å². The molecule has 0 bridgehead atoms. The number of carbonyl (C=O) groups excluding carboxylic acids is 4. The van der Waals surface area contributed by atoms with Gasteiger partial charge in [-0.05, 0) is 55.8 Å². The Kier molecular flexibility index (Phi) is 5.72. The number of nitrogens with zero attached hydrogens (tertiary/aromatic N) is 1. The molecule has 1 N–H and O–H groups in total. The fraction of sp³-hybridized carbons (Fsp3) is 0.238. The normalized spacial score (nSPS) is 13.8. The van der Waals surface area contributed by atoms with Crippen molar-refractivity contribution >= 4 is 29.4 Å². The van der Waals surface area contributed by atoms with Gasteiger partial charge in [-0.2, -0.15) is 0 Å².